The van der Waals surface area contributed by atoms with Gasteiger partial charge in [-0.05, 0) is 44.9 Å². The van der Waals surface area contributed by atoms with Crippen molar-refractivity contribution in [1.82, 2.24) is 4.90 Å². The first kappa shape index (κ1) is 12.2. The Balaban J connectivity index is 2.03. The summed E-state index contributed by atoms with van der Waals surface area (Å²) in [5, 5.41) is 0. The van der Waals surface area contributed by atoms with Crippen molar-refractivity contribution in [1.29, 1.82) is 0 Å². The molecule has 0 aromatic carbocycles. The summed E-state index contributed by atoms with van der Waals surface area (Å²) >= 11 is 5.92. The van der Waals surface area contributed by atoms with Crippen molar-refractivity contribution >= 4 is 17.5 Å². The first-order valence-electron chi connectivity index (χ1n) is 6.29. The Labute approximate surface area is 103 Å². The number of fused-ring (bicyclic) bond motifs is 2. The van der Waals surface area contributed by atoms with Gasteiger partial charge in [-0.1, -0.05) is 6.42 Å². The highest BCUT2D eigenvalue weighted by atomic mass is 35.5. The van der Waals surface area contributed by atoms with Crippen molar-refractivity contribution < 1.29 is 4.79 Å². The molecule has 16 heavy (non-hydrogen) atoms. The second-order valence-corrected chi connectivity index (χ2v) is 6.39. The summed E-state index contributed by atoms with van der Waals surface area (Å²) in [6, 6.07) is 0. The second kappa shape index (κ2) is 4.21. The van der Waals surface area contributed by atoms with Crippen LogP contribution in [0.15, 0.2) is 0 Å². The molecule has 0 N–H and O–H groups in total. The van der Waals surface area contributed by atoms with Gasteiger partial charge in [-0.15, -0.1) is 11.6 Å². The van der Waals surface area contributed by atoms with E-state index in [1.807, 2.05) is 25.8 Å². The van der Waals surface area contributed by atoms with Gasteiger partial charge in [-0.25, -0.2) is 0 Å². The molecule has 0 aromatic rings. The highest BCUT2D eigenvalue weighted by Gasteiger charge is 2.45. The van der Waals surface area contributed by atoms with Crippen molar-refractivity contribution in [2.45, 2.75) is 45.1 Å². The third-order valence-electron chi connectivity index (χ3n) is 4.62. The summed E-state index contributed by atoms with van der Waals surface area (Å²) in [4.78, 5) is 14.3. The van der Waals surface area contributed by atoms with Crippen LogP contribution in [0.25, 0.3) is 0 Å². The number of hydrogen-bond donors (Lipinski definition) is 0. The van der Waals surface area contributed by atoms with Gasteiger partial charge in [0.05, 0.1) is 5.54 Å². The minimum Gasteiger partial charge on any atom is -0.339 e. The number of halogens is 1. The molecule has 0 aromatic heterocycles. The Morgan fingerprint density at radius 1 is 1.38 bits per heavy atom. The molecule has 2 saturated carbocycles. The van der Waals surface area contributed by atoms with Crippen molar-refractivity contribution in [3.8, 4) is 0 Å². The maximum absolute atomic E-state index is 12.4. The van der Waals surface area contributed by atoms with E-state index < -0.39 is 0 Å². The molecule has 2 bridgehead atoms. The molecule has 0 aliphatic heterocycles. The van der Waals surface area contributed by atoms with Crippen molar-refractivity contribution in [3.63, 3.8) is 0 Å². The molecular formula is C13H22ClNO. The second-order valence-electron chi connectivity index (χ2n) is 6.12. The summed E-state index contributed by atoms with van der Waals surface area (Å²) in [6.45, 7) is 4.07. The Hall–Kier alpha value is -0.240. The zero-order valence-corrected chi connectivity index (χ0v) is 11.3. The van der Waals surface area contributed by atoms with E-state index in [-0.39, 0.29) is 11.5 Å². The van der Waals surface area contributed by atoms with E-state index in [4.69, 9.17) is 11.6 Å². The number of amides is 1. The zero-order valence-electron chi connectivity index (χ0n) is 10.5. The summed E-state index contributed by atoms with van der Waals surface area (Å²) in [5.41, 5.74) is -0.222. The minimum atomic E-state index is -0.222. The molecule has 92 valence electrons. The van der Waals surface area contributed by atoms with E-state index in [1.54, 1.807) is 0 Å². The lowest BCUT2D eigenvalue weighted by Crippen LogP contribution is -2.49. The molecule has 2 fully saturated rings. The quantitative estimate of drug-likeness (QED) is 0.698. The summed E-state index contributed by atoms with van der Waals surface area (Å²) in [5.74, 6) is 2.58. The number of rotatable bonds is 3. The first-order valence-corrected chi connectivity index (χ1v) is 6.83. The Morgan fingerprint density at radius 3 is 2.50 bits per heavy atom. The molecule has 0 heterocycles. The van der Waals surface area contributed by atoms with E-state index in [0.717, 1.165) is 12.3 Å². The Bertz CT molecular complexity index is 286. The molecule has 3 unspecified atom stereocenters. The van der Waals surface area contributed by atoms with Gasteiger partial charge in [0.2, 0.25) is 5.91 Å². The number of carbonyl (C=O) groups excluding carboxylic acids is 1. The smallest absolute Gasteiger partial charge is 0.226 e. The van der Waals surface area contributed by atoms with Crippen LogP contribution in [-0.2, 0) is 4.79 Å². The molecule has 2 aliphatic rings. The average molecular weight is 244 g/mol. The standard InChI is InChI=1S/C13H22ClNO/c1-13(2,8-14)15(3)12(16)11-7-9-4-5-10(11)6-9/h9-11H,4-8H2,1-3H3. The molecule has 3 heteroatoms. The normalized spacial score (nSPS) is 33.1. The van der Waals surface area contributed by atoms with Gasteiger partial charge >= 0.3 is 0 Å². The number of hydrogen-bond acceptors (Lipinski definition) is 1. The average Bonchev–Trinajstić information content (AvgIpc) is 2.88. The predicted molar refractivity (Wildman–Crippen MR) is 66.5 cm³/mol. The van der Waals surface area contributed by atoms with Crippen LogP contribution in [0.3, 0.4) is 0 Å². The number of nitrogens with zero attached hydrogens (tertiary/aromatic N) is 1. The molecular weight excluding hydrogens is 222 g/mol. The van der Waals surface area contributed by atoms with Crippen molar-refractivity contribution in [2.24, 2.45) is 17.8 Å². The summed E-state index contributed by atoms with van der Waals surface area (Å²) < 4.78 is 0. The Morgan fingerprint density at radius 2 is 2.06 bits per heavy atom. The lowest BCUT2D eigenvalue weighted by Gasteiger charge is -2.37. The highest BCUT2D eigenvalue weighted by Crippen LogP contribution is 2.49. The van der Waals surface area contributed by atoms with Crippen LogP contribution >= 0.6 is 11.6 Å². The first-order chi connectivity index (χ1) is 7.45. The molecule has 2 rings (SSSR count). The highest BCUT2D eigenvalue weighted by molar-refractivity contribution is 6.18. The van der Waals surface area contributed by atoms with Gasteiger partial charge in [0.15, 0.2) is 0 Å². The molecule has 0 radical (unpaired) electrons. The third-order valence-corrected chi connectivity index (χ3v) is 5.27. The van der Waals surface area contributed by atoms with E-state index in [2.05, 4.69) is 0 Å². The van der Waals surface area contributed by atoms with Gasteiger partial charge in [0.25, 0.3) is 0 Å². The van der Waals surface area contributed by atoms with Crippen molar-refractivity contribution in [2.75, 3.05) is 12.9 Å². The van der Waals surface area contributed by atoms with E-state index in [9.17, 15) is 4.79 Å². The van der Waals surface area contributed by atoms with E-state index in [1.165, 1.54) is 19.3 Å². The monoisotopic (exact) mass is 243 g/mol. The molecule has 0 saturated heterocycles. The molecule has 1 amide bonds. The van der Waals surface area contributed by atoms with Gasteiger partial charge in [-0.3, -0.25) is 4.79 Å². The maximum Gasteiger partial charge on any atom is 0.226 e. The van der Waals surface area contributed by atoms with Crippen LogP contribution in [0.1, 0.15) is 39.5 Å². The van der Waals surface area contributed by atoms with Gasteiger partial charge in [0, 0.05) is 18.8 Å². The van der Waals surface area contributed by atoms with Crippen LogP contribution in [-0.4, -0.2) is 29.3 Å². The number of alkyl halides is 1. The molecule has 2 aliphatic carbocycles. The summed E-state index contributed by atoms with van der Waals surface area (Å²) in [6.07, 6.45) is 5.00. The van der Waals surface area contributed by atoms with Gasteiger partial charge in [-0.2, -0.15) is 0 Å². The lowest BCUT2D eigenvalue weighted by molar-refractivity contribution is -0.140. The fourth-order valence-corrected chi connectivity index (χ4v) is 3.36. The SMILES string of the molecule is CN(C(=O)C1CC2CCC1C2)C(C)(C)CCl. The van der Waals surface area contributed by atoms with Crippen molar-refractivity contribution in [3.05, 3.63) is 0 Å². The maximum atomic E-state index is 12.4. The van der Waals surface area contributed by atoms with Crippen LogP contribution < -0.4 is 0 Å². The van der Waals surface area contributed by atoms with Gasteiger partial charge in [0.1, 0.15) is 0 Å². The van der Waals surface area contributed by atoms with Gasteiger partial charge < -0.3 is 4.90 Å². The fourth-order valence-electron chi connectivity index (χ4n) is 3.18. The predicted octanol–water partition coefficient (Wildman–Crippen LogP) is 2.90. The minimum absolute atomic E-state index is 0.222. The van der Waals surface area contributed by atoms with E-state index in [0.29, 0.717) is 17.7 Å². The largest absolute Gasteiger partial charge is 0.339 e. The fraction of sp³-hybridized carbons (Fsp3) is 0.923. The number of carbonyl (C=O) groups is 1. The Kier molecular flexibility index (Phi) is 3.22. The lowest BCUT2D eigenvalue weighted by atomic mass is 9.87. The van der Waals surface area contributed by atoms with Crippen LogP contribution in [0.5, 0.6) is 0 Å². The topological polar surface area (TPSA) is 20.3 Å². The van der Waals surface area contributed by atoms with E-state index >= 15 is 0 Å². The zero-order chi connectivity index (χ0) is 11.9. The van der Waals surface area contributed by atoms with Crippen LogP contribution in [0.4, 0.5) is 0 Å². The molecule has 3 atom stereocenters. The third kappa shape index (κ3) is 1.97. The molecule has 0 spiro atoms. The summed E-state index contributed by atoms with van der Waals surface area (Å²) in [7, 11) is 1.90. The molecule has 2 nitrogen and oxygen atoms in total. The van der Waals surface area contributed by atoms with Crippen LogP contribution in [0, 0.1) is 17.8 Å². The van der Waals surface area contributed by atoms with Crippen LogP contribution in [0.2, 0.25) is 0 Å².